The Bertz CT molecular complexity index is 698. The number of aromatic nitrogens is 2. The largest absolute Gasteiger partial charge is 0.377 e. The molecule has 1 amide bonds. The van der Waals surface area contributed by atoms with Gasteiger partial charge in [0.2, 0.25) is 10.0 Å². The third kappa shape index (κ3) is 3.72. The first-order chi connectivity index (χ1) is 11.4. The molecule has 0 unspecified atom stereocenters. The van der Waals surface area contributed by atoms with Gasteiger partial charge < -0.3 is 14.4 Å². The maximum Gasteiger partial charge on any atom is 0.274 e. The van der Waals surface area contributed by atoms with Crippen LogP contribution in [0.4, 0.5) is 0 Å². The van der Waals surface area contributed by atoms with Crippen LogP contribution in [0.5, 0.6) is 0 Å². The summed E-state index contributed by atoms with van der Waals surface area (Å²) in [6.45, 7) is 1.95. The van der Waals surface area contributed by atoms with Crippen LogP contribution in [-0.2, 0) is 19.5 Å². The molecule has 2 aliphatic heterocycles. The second-order valence-corrected chi connectivity index (χ2v) is 7.98. The van der Waals surface area contributed by atoms with Crippen molar-refractivity contribution in [3.8, 4) is 0 Å². The van der Waals surface area contributed by atoms with Crippen LogP contribution >= 0.6 is 0 Å². The van der Waals surface area contributed by atoms with Crippen molar-refractivity contribution in [1.82, 2.24) is 19.2 Å². The molecule has 0 aromatic carbocycles. The molecule has 0 bridgehead atoms. The lowest BCUT2D eigenvalue weighted by Gasteiger charge is -2.42. The van der Waals surface area contributed by atoms with Crippen LogP contribution in [-0.4, -0.2) is 91.4 Å². The number of morpholine rings is 1. The molecule has 0 N–H and O–H groups in total. The predicted molar refractivity (Wildman–Crippen MR) is 83.9 cm³/mol. The lowest BCUT2D eigenvalue weighted by atomic mass is 10.0. The Labute approximate surface area is 140 Å². The van der Waals surface area contributed by atoms with E-state index in [-0.39, 0.29) is 37.8 Å². The normalized spacial score (nSPS) is 26.3. The quantitative estimate of drug-likeness (QED) is 0.668. The average molecular weight is 356 g/mol. The zero-order valence-electron chi connectivity index (χ0n) is 13.4. The first-order valence-corrected chi connectivity index (χ1v) is 9.47. The monoisotopic (exact) mass is 356 g/mol. The molecule has 1 atom stereocenters. The van der Waals surface area contributed by atoms with Gasteiger partial charge in [0.25, 0.3) is 5.91 Å². The number of nitrogens with zero attached hydrogens (tertiary/aromatic N) is 4. The Morgan fingerprint density at radius 1 is 1.25 bits per heavy atom. The summed E-state index contributed by atoms with van der Waals surface area (Å²) >= 11 is 0. The zero-order chi connectivity index (χ0) is 17.2. The van der Waals surface area contributed by atoms with Gasteiger partial charge in [0, 0.05) is 32.0 Å². The minimum Gasteiger partial charge on any atom is -0.377 e. The number of hydrogen-bond acceptors (Lipinski definition) is 7. The number of sulfonamides is 1. The first kappa shape index (κ1) is 17.2. The molecule has 2 saturated heterocycles. The SMILES string of the molecule is CS(=O)(=O)N1CCOC[C@@]2(CN(C(=O)c3cnccn3)CCO2)C1. The second kappa shape index (κ2) is 6.71. The van der Waals surface area contributed by atoms with E-state index in [0.717, 1.165) is 6.26 Å². The molecule has 132 valence electrons. The summed E-state index contributed by atoms with van der Waals surface area (Å²) in [7, 11) is -3.37. The highest BCUT2D eigenvalue weighted by Crippen LogP contribution is 2.24. The number of carbonyl (C=O) groups is 1. The van der Waals surface area contributed by atoms with Crippen molar-refractivity contribution in [3.05, 3.63) is 24.3 Å². The highest BCUT2D eigenvalue weighted by molar-refractivity contribution is 7.88. The van der Waals surface area contributed by atoms with E-state index in [4.69, 9.17) is 9.47 Å². The van der Waals surface area contributed by atoms with Gasteiger partial charge >= 0.3 is 0 Å². The van der Waals surface area contributed by atoms with Gasteiger partial charge in [-0.1, -0.05) is 0 Å². The van der Waals surface area contributed by atoms with Gasteiger partial charge in [0.05, 0.1) is 38.8 Å². The second-order valence-electron chi connectivity index (χ2n) is 6.00. The molecule has 9 nitrogen and oxygen atoms in total. The van der Waals surface area contributed by atoms with Gasteiger partial charge in [-0.15, -0.1) is 0 Å². The lowest BCUT2D eigenvalue weighted by Crippen LogP contribution is -2.60. The third-order valence-corrected chi connectivity index (χ3v) is 5.35. The molecule has 0 aliphatic carbocycles. The summed E-state index contributed by atoms with van der Waals surface area (Å²) in [6, 6.07) is 0. The van der Waals surface area contributed by atoms with E-state index >= 15 is 0 Å². The van der Waals surface area contributed by atoms with E-state index in [2.05, 4.69) is 9.97 Å². The summed E-state index contributed by atoms with van der Waals surface area (Å²) < 4.78 is 36.6. The van der Waals surface area contributed by atoms with E-state index in [1.165, 1.54) is 22.9 Å². The smallest absolute Gasteiger partial charge is 0.274 e. The van der Waals surface area contributed by atoms with Crippen molar-refractivity contribution < 1.29 is 22.7 Å². The van der Waals surface area contributed by atoms with Crippen molar-refractivity contribution >= 4 is 15.9 Å². The summed E-state index contributed by atoms with van der Waals surface area (Å²) in [5.74, 6) is -0.249. The molecule has 3 heterocycles. The Morgan fingerprint density at radius 2 is 2.08 bits per heavy atom. The molecule has 1 spiro atoms. The standard InChI is InChI=1S/C14H20N4O5S/c1-24(20,21)18-5-6-22-11-14(10-18)9-17(4-7-23-14)13(19)12-8-15-2-3-16-12/h2-3,8H,4-7,9-11H2,1H3/t14-/m1/s1. The summed E-state index contributed by atoms with van der Waals surface area (Å²) in [4.78, 5) is 22.1. The summed E-state index contributed by atoms with van der Waals surface area (Å²) in [5.41, 5.74) is -0.612. The van der Waals surface area contributed by atoms with Crippen LogP contribution in [0.3, 0.4) is 0 Å². The maximum absolute atomic E-state index is 12.6. The summed E-state index contributed by atoms with van der Waals surface area (Å²) in [6.07, 6.45) is 5.54. The lowest BCUT2D eigenvalue weighted by molar-refractivity contribution is -0.129. The van der Waals surface area contributed by atoms with Gasteiger partial charge in [-0.3, -0.25) is 9.78 Å². The predicted octanol–water partition coefficient (Wildman–Crippen LogP) is -1.02. The fourth-order valence-electron chi connectivity index (χ4n) is 2.93. The van der Waals surface area contributed by atoms with E-state index in [1.807, 2.05) is 0 Å². The Kier molecular flexibility index (Phi) is 4.81. The topological polar surface area (TPSA) is 102 Å². The number of hydrogen-bond donors (Lipinski definition) is 0. The molecule has 1 aromatic heterocycles. The van der Waals surface area contributed by atoms with Crippen LogP contribution in [0.1, 0.15) is 10.5 Å². The van der Waals surface area contributed by atoms with Crippen molar-refractivity contribution in [3.63, 3.8) is 0 Å². The molecular formula is C14H20N4O5S. The van der Waals surface area contributed by atoms with Crippen molar-refractivity contribution in [2.45, 2.75) is 5.60 Å². The third-order valence-electron chi connectivity index (χ3n) is 4.10. The molecule has 10 heteroatoms. The number of rotatable bonds is 2. The average Bonchev–Trinajstić information content (AvgIpc) is 2.77. The fourth-order valence-corrected chi connectivity index (χ4v) is 3.80. The van der Waals surface area contributed by atoms with Gasteiger partial charge in [0.1, 0.15) is 11.3 Å². The van der Waals surface area contributed by atoms with Crippen LogP contribution in [0, 0.1) is 0 Å². The summed E-state index contributed by atoms with van der Waals surface area (Å²) in [5, 5.41) is 0. The van der Waals surface area contributed by atoms with Gasteiger partial charge in [-0.05, 0) is 0 Å². The Hall–Kier alpha value is -1.62. The maximum atomic E-state index is 12.6. The van der Waals surface area contributed by atoms with E-state index < -0.39 is 15.6 Å². The van der Waals surface area contributed by atoms with E-state index in [0.29, 0.717) is 19.8 Å². The van der Waals surface area contributed by atoms with Crippen LogP contribution in [0.15, 0.2) is 18.6 Å². The highest BCUT2D eigenvalue weighted by Gasteiger charge is 2.43. The molecule has 24 heavy (non-hydrogen) atoms. The Balaban J connectivity index is 1.79. The van der Waals surface area contributed by atoms with Crippen LogP contribution in [0.25, 0.3) is 0 Å². The van der Waals surface area contributed by atoms with Crippen molar-refractivity contribution in [2.75, 3.05) is 52.3 Å². The van der Waals surface area contributed by atoms with Crippen LogP contribution in [0.2, 0.25) is 0 Å². The number of ether oxygens (including phenoxy) is 2. The number of amides is 1. The molecular weight excluding hydrogens is 336 g/mol. The van der Waals surface area contributed by atoms with E-state index in [1.54, 1.807) is 4.90 Å². The fraction of sp³-hybridized carbons (Fsp3) is 0.643. The first-order valence-electron chi connectivity index (χ1n) is 7.62. The van der Waals surface area contributed by atoms with Gasteiger partial charge in [0.15, 0.2) is 0 Å². The molecule has 1 aromatic rings. The van der Waals surface area contributed by atoms with Crippen LogP contribution < -0.4 is 0 Å². The minimum atomic E-state index is -3.37. The Morgan fingerprint density at radius 3 is 2.79 bits per heavy atom. The van der Waals surface area contributed by atoms with E-state index in [9.17, 15) is 13.2 Å². The molecule has 0 saturated carbocycles. The molecule has 3 rings (SSSR count). The molecule has 2 fully saturated rings. The molecule has 0 radical (unpaired) electrons. The minimum absolute atomic E-state index is 0.163. The van der Waals surface area contributed by atoms with Gasteiger partial charge in [-0.25, -0.2) is 13.4 Å². The van der Waals surface area contributed by atoms with Crippen molar-refractivity contribution in [2.24, 2.45) is 0 Å². The molecule has 2 aliphatic rings. The highest BCUT2D eigenvalue weighted by atomic mass is 32.2. The van der Waals surface area contributed by atoms with Crippen molar-refractivity contribution in [1.29, 1.82) is 0 Å². The zero-order valence-corrected chi connectivity index (χ0v) is 14.2. The van der Waals surface area contributed by atoms with Gasteiger partial charge in [-0.2, -0.15) is 4.31 Å². The number of carbonyl (C=O) groups excluding carboxylic acids is 1.